The summed E-state index contributed by atoms with van der Waals surface area (Å²) in [6.07, 6.45) is 0.733. The third-order valence-corrected chi connectivity index (χ3v) is 1.63. The highest BCUT2D eigenvalue weighted by atomic mass is 16.6. The lowest BCUT2D eigenvalue weighted by Gasteiger charge is -2.15. The lowest BCUT2D eigenvalue weighted by molar-refractivity contribution is -0.145. The van der Waals surface area contributed by atoms with Crippen molar-refractivity contribution in [2.24, 2.45) is 0 Å². The number of hydrogen-bond donors (Lipinski definition) is 1. The highest BCUT2D eigenvalue weighted by Gasteiger charge is 2.12. The molecule has 0 heterocycles. The predicted octanol–water partition coefficient (Wildman–Crippen LogP) is 1.24. The zero-order valence-electron chi connectivity index (χ0n) is 9.12. The molecule has 0 aromatic carbocycles. The quantitative estimate of drug-likeness (QED) is 0.535. The van der Waals surface area contributed by atoms with Gasteiger partial charge in [0.15, 0.2) is 0 Å². The van der Waals surface area contributed by atoms with Gasteiger partial charge in [0, 0.05) is 12.6 Å². The second kappa shape index (κ2) is 7.84. The molecule has 0 aromatic heterocycles. The molecule has 0 fully saturated rings. The molecule has 0 aromatic rings. The molecule has 0 spiro atoms. The molecule has 0 aliphatic carbocycles. The molecule has 0 saturated carbocycles. The fourth-order valence-corrected chi connectivity index (χ4v) is 0.812. The van der Waals surface area contributed by atoms with Gasteiger partial charge in [0.2, 0.25) is 0 Å². The SMILES string of the molecule is C=CC(=O)OC(CC)COC(=O)NCC. The second-order valence-electron chi connectivity index (χ2n) is 2.80. The number of carbonyl (C=O) groups excluding carboxylic acids is 2. The van der Waals surface area contributed by atoms with Crippen LogP contribution in [0.5, 0.6) is 0 Å². The minimum atomic E-state index is -0.513. The Morgan fingerprint density at radius 2 is 2.13 bits per heavy atom. The van der Waals surface area contributed by atoms with Gasteiger partial charge in [-0.1, -0.05) is 13.5 Å². The first-order valence-electron chi connectivity index (χ1n) is 4.87. The summed E-state index contributed by atoms with van der Waals surface area (Å²) in [4.78, 5) is 21.8. The minimum absolute atomic E-state index is 0.0575. The first-order chi connectivity index (χ1) is 7.13. The topological polar surface area (TPSA) is 64.6 Å². The van der Waals surface area contributed by atoms with Gasteiger partial charge >= 0.3 is 12.1 Å². The van der Waals surface area contributed by atoms with Crippen molar-refractivity contribution in [2.45, 2.75) is 26.4 Å². The van der Waals surface area contributed by atoms with E-state index in [-0.39, 0.29) is 6.61 Å². The van der Waals surface area contributed by atoms with Crippen LogP contribution in [0.2, 0.25) is 0 Å². The van der Waals surface area contributed by atoms with E-state index in [4.69, 9.17) is 9.47 Å². The van der Waals surface area contributed by atoms with E-state index in [1.807, 2.05) is 6.92 Å². The summed E-state index contributed by atoms with van der Waals surface area (Å²) in [7, 11) is 0. The number of nitrogens with one attached hydrogen (secondary N) is 1. The summed E-state index contributed by atoms with van der Waals surface area (Å²) in [6, 6.07) is 0. The molecule has 0 aliphatic rings. The van der Waals surface area contributed by atoms with Gasteiger partial charge in [0.1, 0.15) is 12.7 Å². The molecule has 5 nitrogen and oxygen atoms in total. The van der Waals surface area contributed by atoms with E-state index in [0.717, 1.165) is 6.08 Å². The zero-order chi connectivity index (χ0) is 11.7. The molecule has 0 rings (SSSR count). The lowest BCUT2D eigenvalue weighted by Crippen LogP contribution is -2.29. The van der Waals surface area contributed by atoms with E-state index in [2.05, 4.69) is 11.9 Å². The summed E-state index contributed by atoms with van der Waals surface area (Å²) in [6.45, 7) is 7.46. The molecular weight excluding hydrogens is 198 g/mol. The summed E-state index contributed by atoms with van der Waals surface area (Å²) >= 11 is 0. The number of hydrogen-bond acceptors (Lipinski definition) is 4. The van der Waals surface area contributed by atoms with Crippen molar-refractivity contribution < 1.29 is 19.1 Å². The molecule has 1 amide bonds. The van der Waals surface area contributed by atoms with Crippen molar-refractivity contribution in [1.29, 1.82) is 0 Å². The van der Waals surface area contributed by atoms with Gasteiger partial charge in [0.05, 0.1) is 0 Å². The summed E-state index contributed by atoms with van der Waals surface area (Å²) in [5, 5.41) is 2.47. The van der Waals surface area contributed by atoms with Gasteiger partial charge in [0.25, 0.3) is 0 Å². The van der Waals surface area contributed by atoms with Crippen molar-refractivity contribution in [3.05, 3.63) is 12.7 Å². The van der Waals surface area contributed by atoms with E-state index in [1.54, 1.807) is 6.92 Å². The Labute approximate surface area is 89.4 Å². The standard InChI is InChI=1S/C10H17NO4/c1-4-8(15-9(12)5-2)7-14-10(13)11-6-3/h5,8H,2,4,6-7H2,1,3H3,(H,11,13). The molecule has 0 bridgehead atoms. The molecule has 1 atom stereocenters. The highest BCUT2D eigenvalue weighted by molar-refractivity contribution is 5.81. The Bertz CT molecular complexity index is 227. The summed E-state index contributed by atoms with van der Waals surface area (Å²) in [5.41, 5.74) is 0. The number of amides is 1. The summed E-state index contributed by atoms with van der Waals surface area (Å²) < 4.78 is 9.73. The third-order valence-electron chi connectivity index (χ3n) is 1.63. The van der Waals surface area contributed by atoms with Crippen molar-refractivity contribution in [3.63, 3.8) is 0 Å². The average molecular weight is 215 g/mol. The monoisotopic (exact) mass is 215 g/mol. The second-order valence-corrected chi connectivity index (χ2v) is 2.80. The fourth-order valence-electron chi connectivity index (χ4n) is 0.812. The van der Waals surface area contributed by atoms with Crippen LogP contribution in [0.25, 0.3) is 0 Å². The van der Waals surface area contributed by atoms with E-state index in [1.165, 1.54) is 0 Å². The van der Waals surface area contributed by atoms with Gasteiger partial charge in [-0.25, -0.2) is 9.59 Å². The van der Waals surface area contributed by atoms with Gasteiger partial charge in [-0.15, -0.1) is 0 Å². The molecule has 1 unspecified atom stereocenters. The molecule has 5 heteroatoms. The highest BCUT2D eigenvalue weighted by Crippen LogP contribution is 2.00. The van der Waals surface area contributed by atoms with Gasteiger partial charge < -0.3 is 14.8 Å². The Morgan fingerprint density at radius 1 is 1.47 bits per heavy atom. The normalized spacial score (nSPS) is 11.3. The number of carbonyl (C=O) groups is 2. The van der Waals surface area contributed by atoms with Crippen LogP contribution < -0.4 is 5.32 Å². The van der Waals surface area contributed by atoms with Crippen molar-refractivity contribution in [2.75, 3.05) is 13.2 Å². The van der Waals surface area contributed by atoms with Crippen molar-refractivity contribution >= 4 is 12.1 Å². The minimum Gasteiger partial charge on any atom is -0.456 e. The van der Waals surface area contributed by atoms with Gasteiger partial charge in [-0.2, -0.15) is 0 Å². The van der Waals surface area contributed by atoms with Crippen molar-refractivity contribution in [3.8, 4) is 0 Å². The predicted molar refractivity (Wildman–Crippen MR) is 55.4 cm³/mol. The molecule has 0 radical (unpaired) electrons. The van der Waals surface area contributed by atoms with E-state index in [9.17, 15) is 9.59 Å². The number of esters is 1. The maximum Gasteiger partial charge on any atom is 0.407 e. The largest absolute Gasteiger partial charge is 0.456 e. The zero-order valence-corrected chi connectivity index (χ0v) is 9.12. The van der Waals surface area contributed by atoms with Crippen LogP contribution in [0.3, 0.4) is 0 Å². The molecular formula is C10H17NO4. The Morgan fingerprint density at radius 3 is 2.60 bits per heavy atom. The molecule has 15 heavy (non-hydrogen) atoms. The van der Waals surface area contributed by atoms with E-state index >= 15 is 0 Å². The molecule has 86 valence electrons. The fraction of sp³-hybridized carbons (Fsp3) is 0.600. The number of alkyl carbamates (subject to hydrolysis) is 1. The van der Waals surface area contributed by atoms with Crippen LogP contribution in [-0.2, 0) is 14.3 Å². The maximum absolute atomic E-state index is 10.9. The summed E-state index contributed by atoms with van der Waals surface area (Å²) in [5.74, 6) is -0.513. The molecule has 0 saturated heterocycles. The Kier molecular flexibility index (Phi) is 7.05. The van der Waals surface area contributed by atoms with Crippen LogP contribution in [-0.4, -0.2) is 31.3 Å². The van der Waals surface area contributed by atoms with Gasteiger partial charge in [-0.05, 0) is 13.3 Å². The Hall–Kier alpha value is -1.52. The third kappa shape index (κ3) is 6.54. The first kappa shape index (κ1) is 13.5. The van der Waals surface area contributed by atoms with Gasteiger partial charge in [-0.3, -0.25) is 0 Å². The van der Waals surface area contributed by atoms with Crippen LogP contribution in [0.1, 0.15) is 20.3 Å². The maximum atomic E-state index is 10.9. The number of ether oxygens (including phenoxy) is 2. The molecule has 1 N–H and O–H groups in total. The number of rotatable bonds is 6. The average Bonchev–Trinajstić information content (AvgIpc) is 2.24. The van der Waals surface area contributed by atoms with E-state index < -0.39 is 18.2 Å². The Balaban J connectivity index is 3.84. The van der Waals surface area contributed by atoms with Crippen molar-refractivity contribution in [1.82, 2.24) is 5.32 Å². The molecule has 0 aliphatic heterocycles. The van der Waals surface area contributed by atoms with Crippen LogP contribution in [0, 0.1) is 0 Å². The van der Waals surface area contributed by atoms with Crippen LogP contribution in [0.4, 0.5) is 4.79 Å². The van der Waals surface area contributed by atoms with Crippen LogP contribution in [0.15, 0.2) is 12.7 Å². The first-order valence-corrected chi connectivity index (χ1v) is 4.87. The smallest absolute Gasteiger partial charge is 0.407 e. The lowest BCUT2D eigenvalue weighted by atomic mass is 10.3. The van der Waals surface area contributed by atoms with E-state index in [0.29, 0.717) is 13.0 Å². The van der Waals surface area contributed by atoms with Crippen LogP contribution >= 0.6 is 0 Å².